The van der Waals surface area contributed by atoms with Gasteiger partial charge >= 0.3 is 5.97 Å². The van der Waals surface area contributed by atoms with Gasteiger partial charge in [-0.25, -0.2) is 4.79 Å². The van der Waals surface area contributed by atoms with Crippen LogP contribution in [0.1, 0.15) is 66.1 Å². The molecule has 0 unspecified atom stereocenters. The highest BCUT2D eigenvalue weighted by Crippen LogP contribution is 2.26. The van der Waals surface area contributed by atoms with E-state index in [9.17, 15) is 33.9 Å². The maximum atomic E-state index is 13.4. The molecule has 1 aliphatic rings. The number of carbonyl (C=O) groups excluding carboxylic acids is 3. The van der Waals surface area contributed by atoms with E-state index in [0.717, 1.165) is 16.7 Å². The summed E-state index contributed by atoms with van der Waals surface area (Å²) in [5.74, 6) is 4.02. The summed E-state index contributed by atoms with van der Waals surface area (Å²) in [6, 6.07) is 19.9. The SMILES string of the molecule is CCOc1c(Nc2ccc(C(=O)N[C@@H](CCCCNC(=O)CCC(=O)N3Cc4ccccc4C#Cc4ccccc43)C(=O)O)cc2)c(=O)c1=O. The molecular weight excluding hydrogens is 640 g/mol. The van der Waals surface area contributed by atoms with Gasteiger partial charge in [-0.15, -0.1) is 0 Å². The number of amides is 3. The molecule has 0 aromatic heterocycles. The topological polar surface area (TPSA) is 171 Å². The largest absolute Gasteiger partial charge is 0.488 e. The maximum Gasteiger partial charge on any atom is 0.326 e. The number of rotatable bonds is 15. The van der Waals surface area contributed by atoms with E-state index in [1.54, 1.807) is 11.8 Å². The van der Waals surface area contributed by atoms with E-state index in [-0.39, 0.29) is 61.2 Å². The van der Waals surface area contributed by atoms with E-state index in [2.05, 4.69) is 27.8 Å². The van der Waals surface area contributed by atoms with Gasteiger partial charge in [0.2, 0.25) is 11.8 Å². The second-order valence-electron chi connectivity index (χ2n) is 11.6. The molecule has 0 saturated carbocycles. The molecule has 50 heavy (non-hydrogen) atoms. The fourth-order valence-corrected chi connectivity index (χ4v) is 5.47. The van der Waals surface area contributed by atoms with Crippen molar-refractivity contribution in [3.8, 4) is 17.6 Å². The summed E-state index contributed by atoms with van der Waals surface area (Å²) in [6.07, 6.45) is 1.01. The van der Waals surface area contributed by atoms with Crippen LogP contribution < -0.4 is 36.4 Å². The second-order valence-corrected chi connectivity index (χ2v) is 11.6. The minimum Gasteiger partial charge on any atom is -0.488 e. The number of benzene rings is 3. The number of nitrogens with zero attached hydrogens (tertiary/aromatic N) is 1. The number of carboxylic acid groups (broad SMARTS) is 1. The van der Waals surface area contributed by atoms with Crippen LogP contribution in [0.4, 0.5) is 17.1 Å². The van der Waals surface area contributed by atoms with E-state index in [1.807, 2.05) is 48.5 Å². The summed E-state index contributed by atoms with van der Waals surface area (Å²) >= 11 is 0. The van der Waals surface area contributed by atoms with Crippen molar-refractivity contribution in [2.24, 2.45) is 0 Å². The average Bonchev–Trinajstić information content (AvgIpc) is 3.12. The Morgan fingerprint density at radius 3 is 2.32 bits per heavy atom. The van der Waals surface area contributed by atoms with E-state index in [0.29, 0.717) is 30.8 Å². The molecule has 0 aliphatic carbocycles. The first kappa shape index (κ1) is 35.1. The Labute approximate surface area is 288 Å². The number of ether oxygens (including phenoxy) is 1. The molecule has 4 aromatic rings. The normalized spacial score (nSPS) is 12.2. The van der Waals surface area contributed by atoms with E-state index in [4.69, 9.17) is 4.74 Å². The number of aliphatic carboxylic acids is 1. The zero-order valence-electron chi connectivity index (χ0n) is 27.4. The first-order valence-corrected chi connectivity index (χ1v) is 16.3. The number of nitrogens with one attached hydrogen (secondary N) is 3. The number of para-hydroxylation sites is 1. The molecule has 4 aromatic carbocycles. The predicted molar refractivity (Wildman–Crippen MR) is 187 cm³/mol. The number of fused-ring (bicyclic) bond motifs is 2. The Morgan fingerprint density at radius 1 is 0.880 bits per heavy atom. The van der Waals surface area contributed by atoms with Gasteiger partial charge in [0, 0.05) is 41.8 Å². The number of carboxylic acids is 1. The van der Waals surface area contributed by atoms with Gasteiger partial charge in [0.1, 0.15) is 11.7 Å². The Bertz CT molecular complexity index is 2040. The lowest BCUT2D eigenvalue weighted by Crippen LogP contribution is -2.40. The van der Waals surface area contributed by atoms with E-state index >= 15 is 0 Å². The Hall–Kier alpha value is -6.22. The molecule has 4 N–H and O–H groups in total. The summed E-state index contributed by atoms with van der Waals surface area (Å²) in [6.45, 7) is 2.54. The van der Waals surface area contributed by atoms with Gasteiger partial charge in [-0.1, -0.05) is 42.2 Å². The van der Waals surface area contributed by atoms with Crippen LogP contribution in [0.15, 0.2) is 82.4 Å². The van der Waals surface area contributed by atoms with Crippen LogP contribution in [0.5, 0.6) is 5.75 Å². The summed E-state index contributed by atoms with van der Waals surface area (Å²) < 4.78 is 5.19. The smallest absolute Gasteiger partial charge is 0.326 e. The van der Waals surface area contributed by atoms with Crippen molar-refractivity contribution >= 4 is 40.8 Å². The van der Waals surface area contributed by atoms with Gasteiger partial charge < -0.3 is 30.7 Å². The van der Waals surface area contributed by atoms with Gasteiger partial charge in [-0.3, -0.25) is 24.0 Å². The van der Waals surface area contributed by atoms with Gasteiger partial charge in [0.05, 0.1) is 18.8 Å². The fraction of sp³-hybridized carbons (Fsp3) is 0.263. The number of anilines is 3. The molecule has 1 atom stereocenters. The summed E-state index contributed by atoms with van der Waals surface area (Å²) in [4.78, 5) is 75.7. The number of carbonyl (C=O) groups is 4. The van der Waals surface area contributed by atoms with Crippen molar-refractivity contribution in [3.63, 3.8) is 0 Å². The summed E-state index contributed by atoms with van der Waals surface area (Å²) in [5.41, 5.74) is 2.50. The molecular formula is C38H36N4O8. The molecule has 0 saturated heterocycles. The highest BCUT2D eigenvalue weighted by Gasteiger charge is 2.24. The number of hydrogen-bond acceptors (Lipinski definition) is 8. The average molecular weight is 677 g/mol. The zero-order valence-corrected chi connectivity index (χ0v) is 27.4. The molecule has 256 valence electrons. The van der Waals surface area contributed by atoms with Crippen molar-refractivity contribution in [3.05, 3.63) is 115 Å². The molecule has 0 radical (unpaired) electrons. The molecule has 12 heteroatoms. The molecule has 1 heterocycles. The first-order chi connectivity index (χ1) is 24.2. The van der Waals surface area contributed by atoms with Crippen LogP contribution in [-0.2, 0) is 20.9 Å². The van der Waals surface area contributed by atoms with Gasteiger partial charge in [-0.2, -0.15) is 0 Å². The molecule has 0 fully saturated rings. The molecule has 3 amide bonds. The van der Waals surface area contributed by atoms with Crippen molar-refractivity contribution in [2.45, 2.75) is 51.6 Å². The Kier molecular flexibility index (Phi) is 11.4. The van der Waals surface area contributed by atoms with Crippen molar-refractivity contribution in [1.82, 2.24) is 10.6 Å². The summed E-state index contributed by atoms with van der Waals surface area (Å²) in [5, 5.41) is 17.8. The van der Waals surface area contributed by atoms with E-state index in [1.165, 1.54) is 24.3 Å². The lowest BCUT2D eigenvalue weighted by Gasteiger charge is -2.26. The van der Waals surface area contributed by atoms with Crippen LogP contribution >= 0.6 is 0 Å². The Morgan fingerprint density at radius 2 is 1.58 bits per heavy atom. The minimum atomic E-state index is -1.19. The summed E-state index contributed by atoms with van der Waals surface area (Å²) in [7, 11) is 0. The van der Waals surface area contributed by atoms with Crippen molar-refractivity contribution < 1.29 is 29.0 Å². The van der Waals surface area contributed by atoms with Gasteiger partial charge in [-0.05, 0) is 74.2 Å². The third-order valence-corrected chi connectivity index (χ3v) is 8.16. The molecule has 12 nitrogen and oxygen atoms in total. The highest BCUT2D eigenvalue weighted by atomic mass is 16.5. The van der Waals surface area contributed by atoms with Crippen molar-refractivity contribution in [1.29, 1.82) is 0 Å². The second kappa shape index (κ2) is 16.3. The van der Waals surface area contributed by atoms with Crippen LogP contribution in [0.3, 0.4) is 0 Å². The van der Waals surface area contributed by atoms with Crippen molar-refractivity contribution in [2.75, 3.05) is 23.4 Å². The monoisotopic (exact) mass is 676 g/mol. The predicted octanol–water partition coefficient (Wildman–Crippen LogP) is 3.62. The molecule has 1 aliphatic heterocycles. The van der Waals surface area contributed by atoms with E-state index < -0.39 is 28.8 Å². The fourth-order valence-electron chi connectivity index (χ4n) is 5.47. The standard InChI is InChI=1S/C38H36N4O8/c1-2-50-36-33(34(45)35(36)46)40-28-18-16-26(17-19-28)37(47)41-29(38(48)49)12-7-8-22-39-31(43)20-21-32(44)42-23-27-11-4-3-9-24(27)14-15-25-10-5-6-13-30(25)42/h3-6,9-11,13,16-19,29,40H,2,7-8,12,20-23H2,1H3,(H,39,43)(H,41,47)(H,48,49)/t29-/m0/s1. The van der Waals surface area contributed by atoms with Crippen LogP contribution in [0.25, 0.3) is 0 Å². The lowest BCUT2D eigenvalue weighted by atomic mass is 10.0. The first-order valence-electron chi connectivity index (χ1n) is 16.3. The zero-order chi connectivity index (χ0) is 35.6. The minimum absolute atomic E-state index is 0.00387. The maximum absolute atomic E-state index is 13.4. The van der Waals surface area contributed by atoms with Gasteiger partial charge in [0.25, 0.3) is 16.8 Å². The van der Waals surface area contributed by atoms with Crippen LogP contribution in [0.2, 0.25) is 0 Å². The third-order valence-electron chi connectivity index (χ3n) is 8.16. The number of unbranched alkanes of at least 4 members (excludes halogenated alkanes) is 1. The third kappa shape index (κ3) is 8.43. The molecule has 0 spiro atoms. The molecule has 0 bridgehead atoms. The van der Waals surface area contributed by atoms with Crippen LogP contribution in [-0.4, -0.2) is 48.0 Å². The number of hydrogen-bond donors (Lipinski definition) is 4. The van der Waals surface area contributed by atoms with Crippen LogP contribution in [0, 0.1) is 11.8 Å². The lowest BCUT2D eigenvalue weighted by molar-refractivity contribution is -0.139. The quantitative estimate of drug-likeness (QED) is 0.0834. The highest BCUT2D eigenvalue weighted by molar-refractivity contribution is 5.97. The molecule has 5 rings (SSSR count). The van der Waals surface area contributed by atoms with Gasteiger partial charge in [0.15, 0.2) is 5.75 Å². The Balaban J connectivity index is 1.05.